The lowest BCUT2D eigenvalue weighted by Gasteiger charge is -2.06. The van der Waals surface area contributed by atoms with Gasteiger partial charge in [0.1, 0.15) is 5.75 Å². The van der Waals surface area contributed by atoms with E-state index in [9.17, 15) is 0 Å². The first-order valence-corrected chi connectivity index (χ1v) is 6.54. The first-order chi connectivity index (χ1) is 8.69. The molecule has 0 unspecified atom stereocenters. The average Bonchev–Trinajstić information content (AvgIpc) is 2.40. The standard InChI is InChI=1S/C14H16N2OS/c1-10(15)14-8-7-13(9-16-14)18-12-5-3-11(17-2)4-6-12/h3-10H,15H2,1-2H3/t10-/m0/s1. The summed E-state index contributed by atoms with van der Waals surface area (Å²) in [6.07, 6.45) is 1.85. The smallest absolute Gasteiger partial charge is 0.118 e. The highest BCUT2D eigenvalue weighted by molar-refractivity contribution is 7.99. The molecule has 0 spiro atoms. The highest BCUT2D eigenvalue weighted by Crippen LogP contribution is 2.28. The summed E-state index contributed by atoms with van der Waals surface area (Å²) in [5.41, 5.74) is 6.68. The van der Waals surface area contributed by atoms with Crippen molar-refractivity contribution in [3.63, 3.8) is 0 Å². The molecule has 0 radical (unpaired) electrons. The largest absolute Gasteiger partial charge is 0.497 e. The van der Waals surface area contributed by atoms with Crippen molar-refractivity contribution in [2.45, 2.75) is 22.8 Å². The molecule has 2 aromatic rings. The Morgan fingerprint density at radius 3 is 2.28 bits per heavy atom. The van der Waals surface area contributed by atoms with Crippen LogP contribution in [0.15, 0.2) is 52.4 Å². The van der Waals surface area contributed by atoms with E-state index in [-0.39, 0.29) is 6.04 Å². The van der Waals surface area contributed by atoms with Crippen molar-refractivity contribution in [2.75, 3.05) is 7.11 Å². The molecule has 1 aromatic carbocycles. The Kier molecular flexibility index (Phi) is 4.23. The van der Waals surface area contributed by atoms with E-state index < -0.39 is 0 Å². The van der Waals surface area contributed by atoms with Gasteiger partial charge in [-0.05, 0) is 43.3 Å². The van der Waals surface area contributed by atoms with Gasteiger partial charge in [-0.25, -0.2) is 0 Å². The summed E-state index contributed by atoms with van der Waals surface area (Å²) < 4.78 is 5.13. The minimum absolute atomic E-state index is 0.0231. The molecule has 1 atom stereocenters. The molecule has 0 aliphatic rings. The summed E-state index contributed by atoms with van der Waals surface area (Å²) in [5, 5.41) is 0. The third-order valence-electron chi connectivity index (χ3n) is 2.52. The number of aromatic nitrogens is 1. The molecular weight excluding hydrogens is 244 g/mol. The van der Waals surface area contributed by atoms with Crippen molar-refractivity contribution >= 4 is 11.8 Å². The van der Waals surface area contributed by atoms with Crippen LogP contribution in [0.25, 0.3) is 0 Å². The van der Waals surface area contributed by atoms with Crippen LogP contribution in [0, 0.1) is 0 Å². The second kappa shape index (κ2) is 5.89. The maximum absolute atomic E-state index is 5.77. The number of rotatable bonds is 4. The van der Waals surface area contributed by atoms with Gasteiger partial charge in [0, 0.05) is 22.0 Å². The molecule has 94 valence electrons. The van der Waals surface area contributed by atoms with Gasteiger partial charge in [0.25, 0.3) is 0 Å². The van der Waals surface area contributed by atoms with Crippen LogP contribution in [0.3, 0.4) is 0 Å². The van der Waals surface area contributed by atoms with Crippen LogP contribution in [-0.4, -0.2) is 12.1 Å². The van der Waals surface area contributed by atoms with Gasteiger partial charge in [-0.1, -0.05) is 11.8 Å². The Morgan fingerprint density at radius 2 is 1.78 bits per heavy atom. The van der Waals surface area contributed by atoms with Gasteiger partial charge < -0.3 is 10.5 Å². The Hall–Kier alpha value is -1.52. The van der Waals surface area contributed by atoms with E-state index in [1.54, 1.807) is 18.9 Å². The van der Waals surface area contributed by atoms with Crippen LogP contribution in [-0.2, 0) is 0 Å². The number of nitrogens with zero attached hydrogens (tertiary/aromatic N) is 1. The summed E-state index contributed by atoms with van der Waals surface area (Å²) >= 11 is 1.67. The minimum atomic E-state index is -0.0231. The van der Waals surface area contributed by atoms with E-state index >= 15 is 0 Å². The second-order valence-electron chi connectivity index (χ2n) is 3.99. The van der Waals surface area contributed by atoms with Crippen LogP contribution in [0.5, 0.6) is 5.75 Å². The third kappa shape index (κ3) is 3.24. The average molecular weight is 260 g/mol. The Bertz CT molecular complexity index is 494. The predicted octanol–water partition coefficient (Wildman–Crippen LogP) is 3.26. The Morgan fingerprint density at radius 1 is 1.11 bits per heavy atom. The van der Waals surface area contributed by atoms with Gasteiger partial charge in [-0.15, -0.1) is 0 Å². The molecule has 3 nitrogen and oxygen atoms in total. The molecule has 2 N–H and O–H groups in total. The summed E-state index contributed by atoms with van der Waals surface area (Å²) in [4.78, 5) is 6.60. The molecule has 1 aromatic heterocycles. The van der Waals surface area contributed by atoms with Crippen LogP contribution >= 0.6 is 11.8 Å². The fourth-order valence-corrected chi connectivity index (χ4v) is 2.29. The van der Waals surface area contributed by atoms with Crippen LogP contribution < -0.4 is 10.5 Å². The number of hydrogen-bond donors (Lipinski definition) is 1. The topological polar surface area (TPSA) is 48.1 Å². The normalized spacial score (nSPS) is 12.2. The highest BCUT2D eigenvalue weighted by atomic mass is 32.2. The zero-order chi connectivity index (χ0) is 13.0. The molecule has 0 bridgehead atoms. The van der Waals surface area contributed by atoms with Crippen LogP contribution in [0.1, 0.15) is 18.7 Å². The SMILES string of the molecule is COc1ccc(Sc2ccc([C@H](C)N)nc2)cc1. The highest BCUT2D eigenvalue weighted by Gasteiger charge is 2.02. The van der Waals surface area contributed by atoms with E-state index in [1.165, 1.54) is 0 Å². The van der Waals surface area contributed by atoms with Crippen molar-refractivity contribution in [1.29, 1.82) is 0 Å². The zero-order valence-corrected chi connectivity index (χ0v) is 11.3. The zero-order valence-electron chi connectivity index (χ0n) is 10.5. The van der Waals surface area contributed by atoms with Crippen molar-refractivity contribution < 1.29 is 4.74 Å². The molecule has 2 rings (SSSR count). The third-order valence-corrected chi connectivity index (χ3v) is 3.51. The molecule has 0 fully saturated rings. The first-order valence-electron chi connectivity index (χ1n) is 5.72. The van der Waals surface area contributed by atoms with Gasteiger partial charge in [-0.3, -0.25) is 4.98 Å². The van der Waals surface area contributed by atoms with E-state index in [4.69, 9.17) is 10.5 Å². The van der Waals surface area contributed by atoms with E-state index in [0.717, 1.165) is 21.2 Å². The summed E-state index contributed by atoms with van der Waals surface area (Å²) in [5.74, 6) is 0.866. The summed E-state index contributed by atoms with van der Waals surface area (Å²) in [6.45, 7) is 1.93. The Labute approximate surface area is 111 Å². The fourth-order valence-electron chi connectivity index (χ4n) is 1.50. The second-order valence-corrected chi connectivity index (χ2v) is 5.13. The molecular formula is C14H16N2OS. The first kappa shape index (κ1) is 12.9. The number of methoxy groups -OCH3 is 1. The maximum atomic E-state index is 5.77. The lowest BCUT2D eigenvalue weighted by molar-refractivity contribution is 0.414. The predicted molar refractivity (Wildman–Crippen MR) is 74.0 cm³/mol. The molecule has 18 heavy (non-hydrogen) atoms. The van der Waals surface area contributed by atoms with E-state index in [2.05, 4.69) is 4.98 Å². The molecule has 0 saturated carbocycles. The lowest BCUT2D eigenvalue weighted by atomic mass is 10.2. The Balaban J connectivity index is 2.08. The number of nitrogens with two attached hydrogens (primary N) is 1. The summed E-state index contributed by atoms with van der Waals surface area (Å²) in [6, 6.07) is 12.0. The van der Waals surface area contributed by atoms with Crippen molar-refractivity contribution in [3.05, 3.63) is 48.3 Å². The monoisotopic (exact) mass is 260 g/mol. The molecule has 0 saturated heterocycles. The molecule has 4 heteroatoms. The quantitative estimate of drug-likeness (QED) is 0.916. The van der Waals surface area contributed by atoms with Crippen LogP contribution in [0.2, 0.25) is 0 Å². The number of benzene rings is 1. The lowest BCUT2D eigenvalue weighted by Crippen LogP contribution is -2.06. The molecule has 0 aliphatic heterocycles. The summed E-state index contributed by atoms with van der Waals surface area (Å²) in [7, 11) is 1.67. The number of ether oxygens (including phenoxy) is 1. The van der Waals surface area contributed by atoms with Gasteiger partial charge in [0.15, 0.2) is 0 Å². The van der Waals surface area contributed by atoms with Gasteiger partial charge in [0.05, 0.1) is 12.8 Å². The van der Waals surface area contributed by atoms with Gasteiger partial charge in [0.2, 0.25) is 0 Å². The van der Waals surface area contributed by atoms with Gasteiger partial charge >= 0.3 is 0 Å². The maximum Gasteiger partial charge on any atom is 0.118 e. The van der Waals surface area contributed by atoms with Crippen LogP contribution in [0.4, 0.5) is 0 Å². The molecule has 0 amide bonds. The molecule has 0 aliphatic carbocycles. The van der Waals surface area contributed by atoms with Crippen molar-refractivity contribution in [1.82, 2.24) is 4.98 Å². The van der Waals surface area contributed by atoms with Crippen molar-refractivity contribution in [2.24, 2.45) is 5.73 Å². The van der Waals surface area contributed by atoms with Crippen molar-refractivity contribution in [3.8, 4) is 5.75 Å². The van der Waals surface area contributed by atoms with E-state index in [0.29, 0.717) is 0 Å². The molecule has 1 heterocycles. The van der Waals surface area contributed by atoms with Gasteiger partial charge in [-0.2, -0.15) is 0 Å². The number of pyridine rings is 1. The minimum Gasteiger partial charge on any atom is -0.497 e. The fraction of sp³-hybridized carbons (Fsp3) is 0.214. The van der Waals surface area contributed by atoms with E-state index in [1.807, 2.05) is 49.5 Å². The number of hydrogen-bond acceptors (Lipinski definition) is 4.